The van der Waals surface area contributed by atoms with Crippen molar-refractivity contribution >= 4 is 0 Å². The molecule has 4 heteroatoms. The molecule has 0 amide bonds. The summed E-state index contributed by atoms with van der Waals surface area (Å²) >= 11 is 0. The van der Waals surface area contributed by atoms with Gasteiger partial charge >= 0.3 is 0 Å². The van der Waals surface area contributed by atoms with Crippen LogP contribution in [0, 0.1) is 0 Å². The first-order chi connectivity index (χ1) is 6.16. The largest absolute Gasteiger partial charge is 0.504 e. The predicted molar refractivity (Wildman–Crippen MR) is 47.3 cm³/mol. The third-order valence-corrected chi connectivity index (χ3v) is 1.87. The number of aromatic hydroxyl groups is 2. The van der Waals surface area contributed by atoms with Crippen LogP contribution in [0.15, 0.2) is 18.2 Å². The molecule has 0 bridgehead atoms. The van der Waals surface area contributed by atoms with Crippen LogP contribution < -0.4 is 5.73 Å². The molecule has 0 radical (unpaired) electrons. The fourth-order valence-corrected chi connectivity index (χ4v) is 1.12. The van der Waals surface area contributed by atoms with Crippen molar-refractivity contribution in [1.82, 2.24) is 0 Å². The number of para-hydroxylation sites is 1. The van der Waals surface area contributed by atoms with Crippen molar-refractivity contribution in [3.8, 4) is 11.5 Å². The minimum absolute atomic E-state index is 0.136. The molecule has 0 spiro atoms. The lowest BCUT2D eigenvalue weighted by molar-refractivity contribution is 0.388. The molecule has 0 fully saturated rings. The number of benzene rings is 1. The van der Waals surface area contributed by atoms with Crippen LogP contribution in [0.25, 0.3) is 0 Å². The van der Waals surface area contributed by atoms with Gasteiger partial charge < -0.3 is 15.9 Å². The van der Waals surface area contributed by atoms with Crippen molar-refractivity contribution in [2.75, 3.05) is 6.67 Å². The summed E-state index contributed by atoms with van der Waals surface area (Å²) in [4.78, 5) is 0. The Morgan fingerprint density at radius 3 is 2.69 bits per heavy atom. The van der Waals surface area contributed by atoms with Crippen molar-refractivity contribution in [1.29, 1.82) is 0 Å². The van der Waals surface area contributed by atoms with Crippen LogP contribution in [-0.4, -0.2) is 16.9 Å². The number of halogens is 1. The molecule has 0 aromatic heterocycles. The summed E-state index contributed by atoms with van der Waals surface area (Å²) in [6.07, 6.45) is 0.136. The number of hydrogen-bond donors (Lipinski definition) is 3. The Hall–Kier alpha value is -1.29. The fourth-order valence-electron chi connectivity index (χ4n) is 1.12. The van der Waals surface area contributed by atoms with E-state index in [0.29, 0.717) is 5.56 Å². The van der Waals surface area contributed by atoms with E-state index in [2.05, 4.69) is 0 Å². The SMILES string of the molecule is N[C@@H](CCF)c1cccc(O)c1O. The highest BCUT2D eigenvalue weighted by molar-refractivity contribution is 5.45. The molecule has 0 saturated carbocycles. The lowest BCUT2D eigenvalue weighted by Crippen LogP contribution is -2.10. The van der Waals surface area contributed by atoms with Gasteiger partial charge in [-0.15, -0.1) is 0 Å². The van der Waals surface area contributed by atoms with Gasteiger partial charge in [0.2, 0.25) is 0 Å². The smallest absolute Gasteiger partial charge is 0.162 e. The van der Waals surface area contributed by atoms with Crippen molar-refractivity contribution in [3.05, 3.63) is 23.8 Å². The summed E-state index contributed by atoms with van der Waals surface area (Å²) in [7, 11) is 0. The predicted octanol–water partition coefficient (Wildman–Crippen LogP) is 1.46. The van der Waals surface area contributed by atoms with Crippen molar-refractivity contribution < 1.29 is 14.6 Å². The van der Waals surface area contributed by atoms with Gasteiger partial charge in [-0.3, -0.25) is 4.39 Å². The van der Waals surface area contributed by atoms with E-state index in [4.69, 9.17) is 10.8 Å². The molecule has 72 valence electrons. The summed E-state index contributed by atoms with van der Waals surface area (Å²) in [6.45, 7) is -0.545. The van der Waals surface area contributed by atoms with Gasteiger partial charge in [-0.2, -0.15) is 0 Å². The fraction of sp³-hybridized carbons (Fsp3) is 0.333. The summed E-state index contributed by atoms with van der Waals surface area (Å²) < 4.78 is 11.9. The topological polar surface area (TPSA) is 66.5 Å². The average molecular weight is 185 g/mol. The van der Waals surface area contributed by atoms with Crippen LogP contribution in [0.1, 0.15) is 18.0 Å². The van der Waals surface area contributed by atoms with E-state index in [1.165, 1.54) is 6.07 Å². The Morgan fingerprint density at radius 2 is 2.08 bits per heavy atom. The van der Waals surface area contributed by atoms with E-state index in [-0.39, 0.29) is 17.9 Å². The molecule has 0 aliphatic heterocycles. The van der Waals surface area contributed by atoms with Gasteiger partial charge in [0.15, 0.2) is 11.5 Å². The van der Waals surface area contributed by atoms with Crippen LogP contribution in [-0.2, 0) is 0 Å². The Balaban J connectivity index is 2.93. The number of phenolic OH excluding ortho intramolecular Hbond substituents is 2. The van der Waals surface area contributed by atoms with Crippen LogP contribution in [0.2, 0.25) is 0 Å². The van der Waals surface area contributed by atoms with E-state index in [9.17, 15) is 9.50 Å². The molecule has 0 saturated heterocycles. The van der Waals surface area contributed by atoms with Gasteiger partial charge in [0.1, 0.15) is 0 Å². The third-order valence-electron chi connectivity index (χ3n) is 1.87. The summed E-state index contributed by atoms with van der Waals surface area (Å²) in [5.41, 5.74) is 5.94. The van der Waals surface area contributed by atoms with Gasteiger partial charge in [0.05, 0.1) is 6.67 Å². The maximum atomic E-state index is 11.9. The molecule has 1 atom stereocenters. The van der Waals surface area contributed by atoms with Crippen LogP contribution in [0.5, 0.6) is 11.5 Å². The maximum Gasteiger partial charge on any atom is 0.162 e. The molecular formula is C9H12FNO2. The average Bonchev–Trinajstić information content (AvgIpc) is 2.10. The Morgan fingerprint density at radius 1 is 1.38 bits per heavy atom. The number of alkyl halides is 1. The molecule has 4 N–H and O–H groups in total. The minimum Gasteiger partial charge on any atom is -0.504 e. The van der Waals surface area contributed by atoms with Gasteiger partial charge in [0.25, 0.3) is 0 Å². The molecular weight excluding hydrogens is 173 g/mol. The molecule has 0 aliphatic carbocycles. The normalized spacial score (nSPS) is 12.8. The first-order valence-corrected chi connectivity index (χ1v) is 3.99. The Bertz CT molecular complexity index is 291. The van der Waals surface area contributed by atoms with Crippen molar-refractivity contribution in [2.45, 2.75) is 12.5 Å². The number of rotatable bonds is 3. The zero-order chi connectivity index (χ0) is 9.84. The molecule has 0 aliphatic rings. The second-order valence-corrected chi connectivity index (χ2v) is 2.80. The lowest BCUT2D eigenvalue weighted by Gasteiger charge is -2.12. The first kappa shape index (κ1) is 9.80. The highest BCUT2D eigenvalue weighted by Gasteiger charge is 2.12. The van der Waals surface area contributed by atoms with Crippen molar-refractivity contribution in [2.24, 2.45) is 5.73 Å². The molecule has 3 nitrogen and oxygen atoms in total. The number of phenols is 2. The van der Waals surface area contributed by atoms with E-state index in [1.54, 1.807) is 12.1 Å². The maximum absolute atomic E-state index is 11.9. The van der Waals surface area contributed by atoms with E-state index < -0.39 is 12.7 Å². The Kier molecular flexibility index (Phi) is 3.08. The number of nitrogens with two attached hydrogens (primary N) is 1. The first-order valence-electron chi connectivity index (χ1n) is 3.99. The van der Waals surface area contributed by atoms with Gasteiger partial charge in [-0.05, 0) is 12.5 Å². The monoisotopic (exact) mass is 185 g/mol. The second-order valence-electron chi connectivity index (χ2n) is 2.80. The quantitative estimate of drug-likeness (QED) is 0.624. The van der Waals surface area contributed by atoms with Crippen LogP contribution >= 0.6 is 0 Å². The second kappa shape index (κ2) is 4.09. The zero-order valence-corrected chi connectivity index (χ0v) is 7.07. The standard InChI is InChI=1S/C9H12FNO2/c10-5-4-7(11)6-2-1-3-8(12)9(6)13/h1-3,7,12-13H,4-5,11H2/t7-/m0/s1. The van der Waals surface area contributed by atoms with Crippen LogP contribution in [0.3, 0.4) is 0 Å². The molecule has 1 aromatic carbocycles. The van der Waals surface area contributed by atoms with Gasteiger partial charge in [0, 0.05) is 11.6 Å². The van der Waals surface area contributed by atoms with Crippen LogP contribution in [0.4, 0.5) is 4.39 Å². The summed E-state index contributed by atoms with van der Waals surface area (Å²) in [6, 6.07) is 3.90. The highest BCUT2D eigenvalue weighted by Crippen LogP contribution is 2.32. The third kappa shape index (κ3) is 2.09. The summed E-state index contributed by atoms with van der Waals surface area (Å²) in [5.74, 6) is -0.491. The van der Waals surface area contributed by atoms with Crippen molar-refractivity contribution in [3.63, 3.8) is 0 Å². The van der Waals surface area contributed by atoms with E-state index >= 15 is 0 Å². The van der Waals surface area contributed by atoms with Gasteiger partial charge in [-0.1, -0.05) is 12.1 Å². The summed E-state index contributed by atoms with van der Waals surface area (Å²) in [5, 5.41) is 18.5. The van der Waals surface area contributed by atoms with Gasteiger partial charge in [-0.25, -0.2) is 0 Å². The number of hydrogen-bond acceptors (Lipinski definition) is 3. The Labute approximate surface area is 75.6 Å². The molecule has 1 rings (SSSR count). The van der Waals surface area contributed by atoms with E-state index in [0.717, 1.165) is 0 Å². The van der Waals surface area contributed by atoms with E-state index in [1.807, 2.05) is 0 Å². The molecule has 13 heavy (non-hydrogen) atoms. The molecule has 0 heterocycles. The highest BCUT2D eigenvalue weighted by atomic mass is 19.1. The minimum atomic E-state index is -0.572. The zero-order valence-electron chi connectivity index (χ0n) is 7.07. The molecule has 1 aromatic rings. The molecule has 0 unspecified atom stereocenters. The lowest BCUT2D eigenvalue weighted by atomic mass is 10.0.